The summed E-state index contributed by atoms with van der Waals surface area (Å²) in [7, 11) is 1.04. The summed E-state index contributed by atoms with van der Waals surface area (Å²) < 4.78 is 0. The highest BCUT2D eigenvalue weighted by Crippen LogP contribution is 2.30. The molecule has 2 rings (SSSR count). The minimum absolute atomic E-state index is 0.973. The SMILES string of the molecule is c1ccc(PC2CCCCCCCC2)cc1. The van der Waals surface area contributed by atoms with Crippen LogP contribution in [0.4, 0.5) is 0 Å². The lowest BCUT2D eigenvalue weighted by atomic mass is 10.1. The van der Waals surface area contributed by atoms with E-state index in [-0.39, 0.29) is 0 Å². The third-order valence-corrected chi connectivity index (χ3v) is 5.15. The van der Waals surface area contributed by atoms with Gasteiger partial charge >= 0.3 is 0 Å². The van der Waals surface area contributed by atoms with Gasteiger partial charge in [-0.05, 0) is 23.8 Å². The molecule has 1 aliphatic rings. The normalized spacial score (nSPS) is 20.5. The monoisotopic (exact) mass is 234 g/mol. The number of hydrogen-bond donors (Lipinski definition) is 0. The van der Waals surface area contributed by atoms with Gasteiger partial charge in [0.1, 0.15) is 0 Å². The standard InChI is InChI=1S/C15H23P/c1-2-4-7-11-14(10-6-3-1)16-15-12-8-5-9-13-15/h5,8-9,12-14,16H,1-4,6-7,10-11H2. The molecule has 0 heterocycles. The highest BCUT2D eigenvalue weighted by Gasteiger charge is 2.10. The fourth-order valence-corrected chi connectivity index (χ4v) is 4.10. The van der Waals surface area contributed by atoms with Crippen LogP contribution in [-0.4, -0.2) is 5.66 Å². The second-order valence-corrected chi connectivity index (χ2v) is 6.59. The van der Waals surface area contributed by atoms with Crippen LogP contribution in [0.3, 0.4) is 0 Å². The van der Waals surface area contributed by atoms with Crippen LogP contribution in [-0.2, 0) is 0 Å². The van der Waals surface area contributed by atoms with Gasteiger partial charge < -0.3 is 0 Å². The number of benzene rings is 1. The summed E-state index contributed by atoms with van der Waals surface area (Å²) >= 11 is 0. The van der Waals surface area contributed by atoms with E-state index >= 15 is 0 Å². The van der Waals surface area contributed by atoms with Gasteiger partial charge in [0.2, 0.25) is 0 Å². The summed E-state index contributed by atoms with van der Waals surface area (Å²) in [5.41, 5.74) is 0.973. The molecule has 0 radical (unpaired) electrons. The third-order valence-electron chi connectivity index (χ3n) is 3.50. The second-order valence-electron chi connectivity index (χ2n) is 4.91. The highest BCUT2D eigenvalue weighted by molar-refractivity contribution is 7.48. The lowest BCUT2D eigenvalue weighted by molar-refractivity contribution is 0.624. The van der Waals surface area contributed by atoms with Crippen LogP contribution in [0.15, 0.2) is 30.3 Å². The van der Waals surface area contributed by atoms with Gasteiger partial charge in [-0.3, -0.25) is 0 Å². The van der Waals surface area contributed by atoms with E-state index in [0.717, 1.165) is 14.2 Å². The Labute approximate surface area is 102 Å². The van der Waals surface area contributed by atoms with Gasteiger partial charge in [-0.15, -0.1) is 0 Å². The van der Waals surface area contributed by atoms with Crippen LogP contribution in [0.1, 0.15) is 51.4 Å². The molecule has 1 atom stereocenters. The Kier molecular flexibility index (Phi) is 5.35. The molecule has 1 unspecified atom stereocenters. The van der Waals surface area contributed by atoms with E-state index in [0.29, 0.717) is 0 Å². The van der Waals surface area contributed by atoms with Crippen molar-refractivity contribution in [3.05, 3.63) is 30.3 Å². The molecule has 16 heavy (non-hydrogen) atoms. The van der Waals surface area contributed by atoms with Crippen molar-refractivity contribution in [2.75, 3.05) is 0 Å². The maximum atomic E-state index is 2.30. The maximum Gasteiger partial charge on any atom is -0.0196 e. The van der Waals surface area contributed by atoms with Crippen LogP contribution in [0, 0.1) is 0 Å². The molecule has 0 N–H and O–H groups in total. The average Bonchev–Trinajstić information content (AvgIpc) is 2.45. The summed E-state index contributed by atoms with van der Waals surface area (Å²) in [5, 5.41) is 1.56. The fraction of sp³-hybridized carbons (Fsp3) is 0.600. The van der Waals surface area contributed by atoms with Crippen molar-refractivity contribution in [3.8, 4) is 0 Å². The molecule has 0 saturated heterocycles. The number of hydrogen-bond acceptors (Lipinski definition) is 0. The van der Waals surface area contributed by atoms with Crippen molar-refractivity contribution in [3.63, 3.8) is 0 Å². The highest BCUT2D eigenvalue weighted by atomic mass is 31.1. The van der Waals surface area contributed by atoms with E-state index in [2.05, 4.69) is 30.3 Å². The minimum atomic E-state index is 0.973. The molecule has 0 amide bonds. The van der Waals surface area contributed by atoms with E-state index in [1.54, 1.807) is 5.30 Å². The first-order valence-electron chi connectivity index (χ1n) is 6.77. The van der Waals surface area contributed by atoms with Crippen molar-refractivity contribution < 1.29 is 0 Å². The molecule has 1 aromatic carbocycles. The van der Waals surface area contributed by atoms with E-state index in [4.69, 9.17) is 0 Å². The molecule has 1 fully saturated rings. The first-order chi connectivity index (χ1) is 7.95. The Morgan fingerprint density at radius 3 is 1.94 bits per heavy atom. The smallest absolute Gasteiger partial charge is 0.0196 e. The zero-order valence-electron chi connectivity index (χ0n) is 10.1. The molecule has 1 saturated carbocycles. The number of rotatable bonds is 2. The third kappa shape index (κ3) is 4.26. The maximum absolute atomic E-state index is 2.30. The Bertz CT molecular complexity index is 271. The minimum Gasteiger partial charge on any atom is -0.0872 e. The van der Waals surface area contributed by atoms with Gasteiger partial charge in [0.05, 0.1) is 0 Å². The molecule has 0 bridgehead atoms. The van der Waals surface area contributed by atoms with E-state index < -0.39 is 0 Å². The summed E-state index contributed by atoms with van der Waals surface area (Å²) in [6, 6.07) is 11.1. The van der Waals surface area contributed by atoms with Crippen LogP contribution in [0.2, 0.25) is 0 Å². The molecule has 0 spiro atoms. The molecular formula is C15H23P. The zero-order chi connectivity index (χ0) is 11.1. The Hall–Kier alpha value is -0.350. The van der Waals surface area contributed by atoms with Gasteiger partial charge in [0.15, 0.2) is 0 Å². The predicted molar refractivity (Wildman–Crippen MR) is 75.1 cm³/mol. The lowest BCUT2D eigenvalue weighted by Gasteiger charge is -2.15. The van der Waals surface area contributed by atoms with Gasteiger partial charge in [0, 0.05) is 0 Å². The summed E-state index contributed by atoms with van der Waals surface area (Å²) in [6.45, 7) is 0. The van der Waals surface area contributed by atoms with Gasteiger partial charge in [-0.1, -0.05) is 77.4 Å². The largest absolute Gasteiger partial charge is 0.0872 e. The predicted octanol–water partition coefficient (Wildman–Crippen LogP) is 4.49. The second kappa shape index (κ2) is 7.07. The van der Waals surface area contributed by atoms with E-state index in [9.17, 15) is 0 Å². The molecule has 0 aliphatic heterocycles. The van der Waals surface area contributed by atoms with Crippen LogP contribution < -0.4 is 5.30 Å². The summed E-state index contributed by atoms with van der Waals surface area (Å²) in [4.78, 5) is 0. The van der Waals surface area contributed by atoms with Crippen molar-refractivity contribution in [1.29, 1.82) is 0 Å². The molecule has 0 aromatic heterocycles. The molecule has 1 heteroatoms. The Morgan fingerprint density at radius 1 is 0.750 bits per heavy atom. The molecule has 0 nitrogen and oxygen atoms in total. The topological polar surface area (TPSA) is 0 Å². The Balaban J connectivity index is 1.86. The van der Waals surface area contributed by atoms with Crippen molar-refractivity contribution in [2.45, 2.75) is 57.0 Å². The quantitative estimate of drug-likeness (QED) is 0.661. The van der Waals surface area contributed by atoms with Crippen molar-refractivity contribution >= 4 is 13.9 Å². The lowest BCUT2D eigenvalue weighted by Crippen LogP contribution is -2.06. The first kappa shape index (κ1) is 12.1. The van der Waals surface area contributed by atoms with Gasteiger partial charge in [-0.25, -0.2) is 0 Å². The molecule has 1 aromatic rings. The van der Waals surface area contributed by atoms with Crippen LogP contribution in [0.5, 0.6) is 0 Å². The fourth-order valence-electron chi connectivity index (χ4n) is 2.55. The van der Waals surface area contributed by atoms with Crippen LogP contribution >= 0.6 is 8.58 Å². The summed E-state index contributed by atoms with van der Waals surface area (Å²) in [6.07, 6.45) is 11.7. The molecular weight excluding hydrogens is 211 g/mol. The van der Waals surface area contributed by atoms with Crippen molar-refractivity contribution in [1.82, 2.24) is 0 Å². The summed E-state index contributed by atoms with van der Waals surface area (Å²) in [5.74, 6) is 0. The Morgan fingerprint density at radius 2 is 1.31 bits per heavy atom. The first-order valence-corrected chi connectivity index (χ1v) is 7.84. The van der Waals surface area contributed by atoms with E-state index in [1.165, 1.54) is 51.4 Å². The van der Waals surface area contributed by atoms with Gasteiger partial charge in [0.25, 0.3) is 0 Å². The van der Waals surface area contributed by atoms with Crippen LogP contribution in [0.25, 0.3) is 0 Å². The average molecular weight is 234 g/mol. The molecule has 1 aliphatic carbocycles. The zero-order valence-corrected chi connectivity index (χ0v) is 11.1. The molecule has 88 valence electrons. The van der Waals surface area contributed by atoms with E-state index in [1.807, 2.05) is 0 Å². The van der Waals surface area contributed by atoms with Crippen molar-refractivity contribution in [2.24, 2.45) is 0 Å². The van der Waals surface area contributed by atoms with Gasteiger partial charge in [-0.2, -0.15) is 0 Å².